The van der Waals surface area contributed by atoms with Crippen LogP contribution in [0.2, 0.25) is 0 Å². The summed E-state index contributed by atoms with van der Waals surface area (Å²) in [5.41, 5.74) is 3.77. The number of hydrogen-bond donors (Lipinski definition) is 2. The molecule has 9 nitrogen and oxygen atoms in total. The molecular formula is C24H21N3O6. The highest BCUT2D eigenvalue weighted by atomic mass is 16.7. The Morgan fingerprint density at radius 1 is 1.03 bits per heavy atom. The van der Waals surface area contributed by atoms with Crippen LogP contribution < -0.4 is 20.8 Å². The number of carbonyl (C=O) groups excluding carboxylic acids is 1. The van der Waals surface area contributed by atoms with E-state index in [0.717, 1.165) is 21.4 Å². The summed E-state index contributed by atoms with van der Waals surface area (Å²) < 4.78 is 6.20. The first kappa shape index (κ1) is 21.7. The Labute approximate surface area is 188 Å². The molecule has 0 bridgehead atoms. The van der Waals surface area contributed by atoms with Gasteiger partial charge in [0.15, 0.2) is 12.2 Å². The second-order valence-electron chi connectivity index (χ2n) is 7.27. The van der Waals surface area contributed by atoms with E-state index in [2.05, 4.69) is 5.32 Å². The predicted octanol–water partition coefficient (Wildman–Crippen LogP) is 3.12. The number of likely N-dealkylation sites (N-methyl/N-ethyl adjacent to an activating group) is 1. The van der Waals surface area contributed by atoms with Crippen molar-refractivity contribution in [3.8, 4) is 11.1 Å². The number of nitrogens with one attached hydrogen (secondary N) is 1. The van der Waals surface area contributed by atoms with Gasteiger partial charge in [0.1, 0.15) is 5.52 Å². The van der Waals surface area contributed by atoms with Crippen molar-refractivity contribution in [1.82, 2.24) is 10.0 Å². The van der Waals surface area contributed by atoms with Crippen LogP contribution in [0.15, 0.2) is 82.0 Å². The van der Waals surface area contributed by atoms with E-state index in [9.17, 15) is 14.4 Å². The molecule has 0 radical (unpaired) electrons. The number of para-hydroxylation sites is 1. The minimum absolute atomic E-state index is 0.169. The zero-order valence-electron chi connectivity index (χ0n) is 17.7. The second-order valence-corrected chi connectivity index (χ2v) is 7.27. The lowest BCUT2D eigenvalue weighted by molar-refractivity contribution is -0.123. The minimum Gasteiger partial charge on any atom is -0.465 e. The molecule has 0 fully saturated rings. The van der Waals surface area contributed by atoms with Gasteiger partial charge in [0.2, 0.25) is 0 Å². The number of nitrogens with zero attached hydrogens (tertiary/aromatic N) is 2. The number of aromatic nitrogens is 1. The normalized spacial score (nSPS) is 10.7. The molecule has 1 aromatic heterocycles. The number of carbonyl (C=O) groups is 2. The lowest BCUT2D eigenvalue weighted by Crippen LogP contribution is -2.35. The number of anilines is 1. The van der Waals surface area contributed by atoms with Gasteiger partial charge in [0.25, 0.3) is 5.91 Å². The van der Waals surface area contributed by atoms with Crippen LogP contribution in [0.5, 0.6) is 0 Å². The molecular weight excluding hydrogens is 426 g/mol. The monoisotopic (exact) mass is 447 g/mol. The quantitative estimate of drug-likeness (QED) is 0.450. The van der Waals surface area contributed by atoms with Crippen LogP contribution in [0, 0.1) is 0 Å². The molecule has 0 aliphatic rings. The maximum absolute atomic E-state index is 12.5. The number of amides is 2. The highest BCUT2D eigenvalue weighted by Gasteiger charge is 2.16. The Morgan fingerprint density at radius 2 is 1.79 bits per heavy atom. The number of benzene rings is 3. The predicted molar refractivity (Wildman–Crippen MR) is 122 cm³/mol. The van der Waals surface area contributed by atoms with E-state index in [1.807, 2.05) is 42.5 Å². The third kappa shape index (κ3) is 4.87. The molecule has 0 unspecified atom stereocenters. The second kappa shape index (κ2) is 9.31. The van der Waals surface area contributed by atoms with E-state index in [4.69, 9.17) is 14.4 Å². The number of carboxylic acid groups (broad SMARTS) is 1. The molecule has 0 spiro atoms. The standard InChI is InChI=1S/C24H21N3O6/c1-26(19-8-3-2-4-9-19)22(28)15-32-27-20-13-18(10-11-21(20)33-24(27)31)17-7-5-6-16(12-17)14-25-23(29)30/h2-13,25H,14-15H2,1H3,(H,29,30). The van der Waals surface area contributed by atoms with Crippen molar-refractivity contribution >= 4 is 28.8 Å². The zero-order valence-corrected chi connectivity index (χ0v) is 17.7. The van der Waals surface area contributed by atoms with Gasteiger partial charge in [0, 0.05) is 19.3 Å². The van der Waals surface area contributed by atoms with Crippen LogP contribution in [0.25, 0.3) is 22.2 Å². The van der Waals surface area contributed by atoms with E-state index < -0.39 is 11.8 Å². The Hall–Kier alpha value is -4.53. The summed E-state index contributed by atoms with van der Waals surface area (Å²) in [7, 11) is 1.63. The van der Waals surface area contributed by atoms with Gasteiger partial charge in [0.05, 0.1) is 0 Å². The van der Waals surface area contributed by atoms with E-state index in [1.54, 1.807) is 37.4 Å². The lowest BCUT2D eigenvalue weighted by Gasteiger charge is -2.17. The molecule has 0 aliphatic carbocycles. The average molecular weight is 447 g/mol. The summed E-state index contributed by atoms with van der Waals surface area (Å²) in [6.07, 6.45) is -1.10. The highest BCUT2D eigenvalue weighted by molar-refractivity contribution is 5.93. The number of hydrogen-bond acceptors (Lipinski definition) is 5. The van der Waals surface area contributed by atoms with Crippen molar-refractivity contribution in [2.24, 2.45) is 0 Å². The Kier molecular flexibility index (Phi) is 6.12. The summed E-state index contributed by atoms with van der Waals surface area (Å²) in [6.45, 7) is -0.192. The average Bonchev–Trinajstić information content (AvgIpc) is 3.15. The van der Waals surface area contributed by atoms with Gasteiger partial charge in [-0.05, 0) is 47.0 Å². The van der Waals surface area contributed by atoms with Crippen LogP contribution in [-0.4, -0.2) is 35.5 Å². The number of rotatable bonds is 7. The fraction of sp³-hybridized carbons (Fsp3) is 0.125. The van der Waals surface area contributed by atoms with Crippen LogP contribution in [-0.2, 0) is 11.3 Å². The van der Waals surface area contributed by atoms with Crippen molar-refractivity contribution in [1.29, 1.82) is 0 Å². The number of oxazole rings is 1. The first-order valence-corrected chi connectivity index (χ1v) is 10.1. The summed E-state index contributed by atoms with van der Waals surface area (Å²) in [4.78, 5) is 42.6. The zero-order chi connectivity index (χ0) is 23.4. The third-order valence-corrected chi connectivity index (χ3v) is 5.08. The van der Waals surface area contributed by atoms with Gasteiger partial charge in [-0.3, -0.25) is 4.79 Å². The molecule has 1 heterocycles. The summed E-state index contributed by atoms with van der Waals surface area (Å²) in [5, 5.41) is 11.1. The van der Waals surface area contributed by atoms with Crippen molar-refractivity contribution < 1.29 is 24.0 Å². The van der Waals surface area contributed by atoms with E-state index >= 15 is 0 Å². The highest BCUT2D eigenvalue weighted by Crippen LogP contribution is 2.25. The maximum atomic E-state index is 12.5. The molecule has 3 aromatic carbocycles. The molecule has 0 saturated heterocycles. The smallest absolute Gasteiger partial charge is 0.453 e. The van der Waals surface area contributed by atoms with Gasteiger partial charge < -0.3 is 24.6 Å². The van der Waals surface area contributed by atoms with Crippen molar-refractivity contribution in [2.75, 3.05) is 18.6 Å². The topological polar surface area (TPSA) is 114 Å². The van der Waals surface area contributed by atoms with Crippen molar-refractivity contribution in [3.63, 3.8) is 0 Å². The fourth-order valence-electron chi connectivity index (χ4n) is 3.35. The van der Waals surface area contributed by atoms with Gasteiger partial charge >= 0.3 is 11.8 Å². The maximum Gasteiger partial charge on any atom is 0.453 e. The van der Waals surface area contributed by atoms with Gasteiger partial charge in [-0.2, -0.15) is 0 Å². The van der Waals surface area contributed by atoms with Gasteiger partial charge in [-0.25, -0.2) is 9.59 Å². The van der Waals surface area contributed by atoms with Crippen LogP contribution in [0.3, 0.4) is 0 Å². The van der Waals surface area contributed by atoms with Gasteiger partial charge in [-0.1, -0.05) is 42.5 Å². The fourth-order valence-corrected chi connectivity index (χ4v) is 3.35. The van der Waals surface area contributed by atoms with E-state index in [0.29, 0.717) is 16.8 Å². The van der Waals surface area contributed by atoms with Gasteiger partial charge in [-0.15, -0.1) is 4.73 Å². The first-order chi connectivity index (χ1) is 15.9. The molecule has 2 N–H and O–H groups in total. The minimum atomic E-state index is -1.10. The van der Waals surface area contributed by atoms with Crippen LogP contribution in [0.1, 0.15) is 5.56 Å². The molecule has 0 aliphatic heterocycles. The van der Waals surface area contributed by atoms with Crippen LogP contribution >= 0.6 is 0 Å². The Balaban J connectivity index is 1.57. The summed E-state index contributed by atoms with van der Waals surface area (Å²) >= 11 is 0. The van der Waals surface area contributed by atoms with Crippen molar-refractivity contribution in [2.45, 2.75) is 6.54 Å². The summed E-state index contributed by atoms with van der Waals surface area (Å²) in [5.74, 6) is -1.08. The van der Waals surface area contributed by atoms with Crippen LogP contribution in [0.4, 0.5) is 10.5 Å². The third-order valence-electron chi connectivity index (χ3n) is 5.08. The largest absolute Gasteiger partial charge is 0.465 e. The molecule has 33 heavy (non-hydrogen) atoms. The number of fused-ring (bicyclic) bond motifs is 1. The lowest BCUT2D eigenvalue weighted by atomic mass is 10.0. The molecule has 0 saturated carbocycles. The molecule has 2 amide bonds. The molecule has 4 rings (SSSR count). The molecule has 0 atom stereocenters. The van der Waals surface area contributed by atoms with E-state index in [-0.39, 0.29) is 19.1 Å². The Bertz CT molecular complexity index is 1360. The Morgan fingerprint density at radius 3 is 2.55 bits per heavy atom. The summed E-state index contributed by atoms with van der Waals surface area (Å²) in [6, 6.07) is 21.6. The van der Waals surface area contributed by atoms with E-state index in [1.165, 1.54) is 4.90 Å². The van der Waals surface area contributed by atoms with Crippen molar-refractivity contribution in [3.05, 3.63) is 88.9 Å². The first-order valence-electron chi connectivity index (χ1n) is 10.1. The molecule has 168 valence electrons. The molecule has 4 aromatic rings. The SMILES string of the molecule is CN(C(=O)COn1c(=O)oc2ccc(-c3cccc(CNC(=O)O)c3)cc21)c1ccccc1. The molecule has 9 heteroatoms.